The Morgan fingerprint density at radius 2 is 1.42 bits per heavy atom. The van der Waals surface area contributed by atoms with Crippen molar-refractivity contribution >= 4 is 17.6 Å². The first-order valence-corrected chi connectivity index (χ1v) is 11.8. The molecule has 0 fully saturated rings. The number of benzene rings is 3. The second-order valence-electron chi connectivity index (χ2n) is 8.81. The van der Waals surface area contributed by atoms with E-state index < -0.39 is 30.2 Å². The van der Waals surface area contributed by atoms with Crippen molar-refractivity contribution in [3.8, 4) is 5.75 Å². The minimum Gasteiger partial charge on any atom is -0.490 e. The van der Waals surface area contributed by atoms with E-state index in [2.05, 4.69) is 41.7 Å². The molecule has 1 amide bonds. The zero-order valence-corrected chi connectivity index (χ0v) is 20.8. The zero-order chi connectivity index (χ0) is 28.2. The van der Waals surface area contributed by atoms with Crippen LogP contribution in [0.3, 0.4) is 0 Å². The number of hydrogen-bond donors (Lipinski definition) is 4. The van der Waals surface area contributed by atoms with Crippen molar-refractivity contribution in [1.29, 1.82) is 0 Å². The van der Waals surface area contributed by atoms with E-state index >= 15 is 0 Å². The number of halogens is 3. The number of aliphatic hydroxyl groups excluding tert-OH is 1. The lowest BCUT2D eigenvalue weighted by Crippen LogP contribution is -2.51. The van der Waals surface area contributed by atoms with Gasteiger partial charge in [0.25, 0.3) is 0 Å². The maximum Gasteiger partial charge on any atom is 0.490 e. The lowest BCUT2D eigenvalue weighted by atomic mass is 10.0. The summed E-state index contributed by atoms with van der Waals surface area (Å²) in [4.78, 5) is 21.0. The Kier molecular flexibility index (Phi) is 11.3. The molecule has 0 saturated carbocycles. The summed E-state index contributed by atoms with van der Waals surface area (Å²) in [5, 5.41) is 19.1. The Labute approximate surface area is 219 Å². The predicted octanol–water partition coefficient (Wildman–Crippen LogP) is 4.59. The number of aryl methyl sites for hydroxylation is 1. The fourth-order valence-corrected chi connectivity index (χ4v) is 3.21. The van der Waals surface area contributed by atoms with E-state index in [1.165, 1.54) is 18.1 Å². The molecule has 0 radical (unpaired) electrons. The van der Waals surface area contributed by atoms with Crippen LogP contribution in [0.1, 0.15) is 24.5 Å². The van der Waals surface area contributed by atoms with E-state index in [1.807, 2.05) is 36.4 Å². The first-order valence-electron chi connectivity index (χ1n) is 11.8. The van der Waals surface area contributed by atoms with Gasteiger partial charge in [0.15, 0.2) is 0 Å². The van der Waals surface area contributed by atoms with Gasteiger partial charge < -0.3 is 26.0 Å². The number of carbonyl (C=O) groups excluding carboxylic acids is 1. The van der Waals surface area contributed by atoms with Crippen molar-refractivity contribution in [1.82, 2.24) is 0 Å². The quantitative estimate of drug-likeness (QED) is 0.303. The summed E-state index contributed by atoms with van der Waals surface area (Å²) in [6.07, 6.45) is -2.43. The molecule has 0 aliphatic heterocycles. The molecule has 0 spiro atoms. The molecule has 0 saturated heterocycles. The summed E-state index contributed by atoms with van der Waals surface area (Å²) in [5.41, 5.74) is 7.57. The van der Waals surface area contributed by atoms with E-state index in [-0.39, 0.29) is 6.10 Å². The maximum atomic E-state index is 12.1. The van der Waals surface area contributed by atoms with Crippen LogP contribution in [0.4, 0.5) is 18.9 Å². The first kappa shape index (κ1) is 30.3. The predicted molar refractivity (Wildman–Crippen MR) is 138 cm³/mol. The second kappa shape index (κ2) is 14.2. The molecule has 7 nitrogen and oxygen atoms in total. The minimum atomic E-state index is -5.08. The lowest BCUT2D eigenvalue weighted by Gasteiger charge is -2.21. The molecule has 2 atom stereocenters. The summed E-state index contributed by atoms with van der Waals surface area (Å²) in [5.74, 6) is -2.45. The van der Waals surface area contributed by atoms with Crippen molar-refractivity contribution < 1.29 is 37.7 Å². The standard InChI is InChI=1S/C26H30N2O3.C2HF3O2/c1-26(27,19-29)25(30)28-22-13-16-23(17-14-22)31-24(18-21-10-6-3-7-11-21)15-12-20-8-4-2-5-9-20;3-2(4,5)1(6)7/h2-11,13-14,16-17,24,29H,12,15,18-19,27H2,1H3,(H,28,30);(H,6,7)/t24?,26-;/m0./s1. The number of hydrogen-bond acceptors (Lipinski definition) is 5. The third kappa shape index (κ3) is 10.6. The number of rotatable bonds is 10. The topological polar surface area (TPSA) is 122 Å². The maximum absolute atomic E-state index is 12.1. The van der Waals surface area contributed by atoms with Gasteiger partial charge in [-0.25, -0.2) is 4.79 Å². The summed E-state index contributed by atoms with van der Waals surface area (Å²) in [6.45, 7) is 1.06. The number of carbonyl (C=O) groups is 2. The van der Waals surface area contributed by atoms with E-state index in [1.54, 1.807) is 12.1 Å². The fraction of sp³-hybridized carbons (Fsp3) is 0.286. The fourth-order valence-electron chi connectivity index (χ4n) is 3.21. The largest absolute Gasteiger partial charge is 0.490 e. The number of nitrogens with two attached hydrogens (primary N) is 1. The monoisotopic (exact) mass is 532 g/mol. The number of carboxylic acids is 1. The van der Waals surface area contributed by atoms with Crippen LogP contribution in [-0.4, -0.2) is 46.5 Å². The van der Waals surface area contributed by atoms with Crippen molar-refractivity contribution in [2.45, 2.75) is 44.0 Å². The Morgan fingerprint density at radius 1 is 0.921 bits per heavy atom. The molecule has 3 aromatic rings. The third-order valence-corrected chi connectivity index (χ3v) is 5.41. The van der Waals surface area contributed by atoms with Crippen LogP contribution in [0.15, 0.2) is 84.9 Å². The Bertz CT molecular complexity index is 1140. The molecule has 3 rings (SSSR count). The van der Waals surface area contributed by atoms with Gasteiger partial charge in [0.1, 0.15) is 17.4 Å². The molecule has 0 heterocycles. The average molecular weight is 533 g/mol. The van der Waals surface area contributed by atoms with Gasteiger partial charge in [-0.05, 0) is 55.2 Å². The van der Waals surface area contributed by atoms with Gasteiger partial charge in [0.05, 0.1) is 6.61 Å². The summed E-state index contributed by atoms with van der Waals surface area (Å²) < 4.78 is 38.0. The highest BCUT2D eigenvalue weighted by molar-refractivity contribution is 5.97. The molecular weight excluding hydrogens is 501 g/mol. The normalized spacial score (nSPS) is 13.3. The summed E-state index contributed by atoms with van der Waals surface area (Å²) >= 11 is 0. The average Bonchev–Trinajstić information content (AvgIpc) is 2.89. The zero-order valence-electron chi connectivity index (χ0n) is 20.8. The summed E-state index contributed by atoms with van der Waals surface area (Å²) in [7, 11) is 0. The van der Waals surface area contributed by atoms with Crippen LogP contribution >= 0.6 is 0 Å². The smallest absolute Gasteiger partial charge is 0.490 e. The van der Waals surface area contributed by atoms with E-state index in [4.69, 9.17) is 20.4 Å². The number of carboxylic acid groups (broad SMARTS) is 1. The van der Waals surface area contributed by atoms with Gasteiger partial charge in [-0.15, -0.1) is 0 Å². The Hall–Kier alpha value is -3.89. The molecule has 5 N–H and O–H groups in total. The van der Waals surface area contributed by atoms with Gasteiger partial charge in [-0.1, -0.05) is 60.7 Å². The van der Waals surface area contributed by atoms with Crippen molar-refractivity contribution in [2.75, 3.05) is 11.9 Å². The van der Waals surface area contributed by atoms with Crippen LogP contribution in [0.25, 0.3) is 0 Å². The summed E-state index contributed by atoms with van der Waals surface area (Å²) in [6, 6.07) is 27.9. The van der Waals surface area contributed by atoms with Crippen LogP contribution in [0.2, 0.25) is 0 Å². The molecule has 0 aliphatic carbocycles. The minimum absolute atomic E-state index is 0.0183. The van der Waals surface area contributed by atoms with Crippen LogP contribution in [0, 0.1) is 0 Å². The number of amides is 1. The van der Waals surface area contributed by atoms with Gasteiger partial charge in [0, 0.05) is 12.1 Å². The molecule has 0 aromatic heterocycles. The molecule has 3 aromatic carbocycles. The number of alkyl halides is 3. The van der Waals surface area contributed by atoms with Gasteiger partial charge in [0.2, 0.25) is 5.91 Å². The molecule has 10 heteroatoms. The van der Waals surface area contributed by atoms with Crippen LogP contribution < -0.4 is 15.8 Å². The highest BCUT2D eigenvalue weighted by Gasteiger charge is 2.38. The molecule has 1 unspecified atom stereocenters. The Morgan fingerprint density at radius 3 is 1.89 bits per heavy atom. The Balaban J connectivity index is 0.000000638. The molecule has 0 bridgehead atoms. The van der Waals surface area contributed by atoms with Crippen molar-refractivity contribution in [2.24, 2.45) is 5.73 Å². The number of ether oxygens (including phenoxy) is 1. The SMILES string of the molecule is C[C@](N)(CO)C(=O)Nc1ccc(OC(CCc2ccccc2)Cc2ccccc2)cc1.O=C(O)C(F)(F)F. The van der Waals surface area contributed by atoms with Crippen molar-refractivity contribution in [3.05, 3.63) is 96.1 Å². The van der Waals surface area contributed by atoms with Gasteiger partial charge >= 0.3 is 12.1 Å². The number of aliphatic hydroxyl groups is 1. The lowest BCUT2D eigenvalue weighted by molar-refractivity contribution is -0.192. The van der Waals surface area contributed by atoms with E-state index in [0.29, 0.717) is 5.69 Å². The number of nitrogens with one attached hydrogen (secondary N) is 1. The molecule has 0 aliphatic rings. The van der Waals surface area contributed by atoms with Crippen LogP contribution in [0.5, 0.6) is 5.75 Å². The molecule has 38 heavy (non-hydrogen) atoms. The van der Waals surface area contributed by atoms with E-state index in [0.717, 1.165) is 25.0 Å². The molecular formula is C28H31F3N2O5. The first-order chi connectivity index (χ1) is 17.9. The number of anilines is 1. The highest BCUT2D eigenvalue weighted by Crippen LogP contribution is 2.21. The van der Waals surface area contributed by atoms with Gasteiger partial charge in [-0.3, -0.25) is 4.79 Å². The second-order valence-corrected chi connectivity index (χ2v) is 8.81. The number of aliphatic carboxylic acids is 1. The highest BCUT2D eigenvalue weighted by atomic mass is 19.4. The van der Waals surface area contributed by atoms with E-state index in [9.17, 15) is 23.1 Å². The van der Waals surface area contributed by atoms with Gasteiger partial charge in [-0.2, -0.15) is 13.2 Å². The van der Waals surface area contributed by atoms with Crippen molar-refractivity contribution in [3.63, 3.8) is 0 Å². The molecule has 204 valence electrons. The third-order valence-electron chi connectivity index (χ3n) is 5.41. The van der Waals surface area contributed by atoms with Crippen LogP contribution in [-0.2, 0) is 22.4 Å².